The van der Waals surface area contributed by atoms with Crippen LogP contribution in [0.1, 0.15) is 51.4 Å². The van der Waals surface area contributed by atoms with Gasteiger partial charge in [-0.3, -0.25) is 9.69 Å². The fourth-order valence-corrected chi connectivity index (χ4v) is 4.24. The lowest BCUT2D eigenvalue weighted by molar-refractivity contribution is -0.130. The minimum atomic E-state index is -0.00339. The molecule has 2 N–H and O–H groups in total. The molecular formula is C16H28N2O2. The number of hydrogen-bond acceptors (Lipinski definition) is 3. The molecule has 1 aliphatic carbocycles. The summed E-state index contributed by atoms with van der Waals surface area (Å²) in [6.07, 6.45) is 9.25. The maximum Gasteiger partial charge on any atom is 0.224 e. The first-order chi connectivity index (χ1) is 9.74. The van der Waals surface area contributed by atoms with Crippen LogP contribution in [0.25, 0.3) is 0 Å². The summed E-state index contributed by atoms with van der Waals surface area (Å²) < 4.78 is 0. The standard InChI is InChI=1S/C16H28N2O2/c19-12-16(7-4-8-16)11-17-15(20)13-5-3-10-18-9-2-1-6-14(13)18/h13-14,19H,1-12H2,(H,17,20)/t13-,14-/m1/s1. The van der Waals surface area contributed by atoms with Crippen LogP contribution in [0.2, 0.25) is 0 Å². The number of amides is 1. The third-order valence-corrected chi connectivity index (χ3v) is 5.81. The zero-order chi connectivity index (χ0) is 14.0. The molecule has 114 valence electrons. The molecule has 1 amide bonds. The highest BCUT2D eigenvalue weighted by atomic mass is 16.3. The van der Waals surface area contributed by atoms with Crippen molar-refractivity contribution in [3.63, 3.8) is 0 Å². The summed E-state index contributed by atoms with van der Waals surface area (Å²) >= 11 is 0. The third-order valence-electron chi connectivity index (χ3n) is 5.81. The summed E-state index contributed by atoms with van der Waals surface area (Å²) in [6, 6.07) is 0.476. The van der Waals surface area contributed by atoms with Crippen LogP contribution in [0.4, 0.5) is 0 Å². The summed E-state index contributed by atoms with van der Waals surface area (Å²) in [5.74, 6) is 0.418. The molecule has 2 saturated heterocycles. The Kier molecular flexibility index (Phi) is 4.32. The second-order valence-corrected chi connectivity index (χ2v) is 7.08. The van der Waals surface area contributed by atoms with Crippen LogP contribution in [-0.2, 0) is 4.79 Å². The van der Waals surface area contributed by atoms with Crippen LogP contribution in [0.5, 0.6) is 0 Å². The quantitative estimate of drug-likeness (QED) is 0.821. The predicted molar refractivity (Wildman–Crippen MR) is 78.3 cm³/mol. The Morgan fingerprint density at radius 1 is 1.15 bits per heavy atom. The summed E-state index contributed by atoms with van der Waals surface area (Å²) in [6.45, 7) is 3.24. The van der Waals surface area contributed by atoms with Gasteiger partial charge in [-0.25, -0.2) is 0 Å². The SMILES string of the molecule is O=C(NCC1(CO)CCC1)[C@@H]1CCCN2CCCC[C@H]12. The van der Waals surface area contributed by atoms with Crippen molar-refractivity contribution in [2.75, 3.05) is 26.2 Å². The molecule has 4 nitrogen and oxygen atoms in total. The highest BCUT2D eigenvalue weighted by Gasteiger charge is 2.40. The van der Waals surface area contributed by atoms with Gasteiger partial charge in [0.05, 0.1) is 12.5 Å². The number of nitrogens with one attached hydrogen (secondary N) is 1. The number of carbonyl (C=O) groups is 1. The lowest BCUT2D eigenvalue weighted by Crippen LogP contribution is -2.54. The van der Waals surface area contributed by atoms with E-state index in [1.807, 2.05) is 0 Å². The maximum absolute atomic E-state index is 12.5. The number of nitrogens with zero attached hydrogens (tertiary/aromatic N) is 1. The van der Waals surface area contributed by atoms with Crippen molar-refractivity contribution in [1.82, 2.24) is 10.2 Å². The van der Waals surface area contributed by atoms with Crippen LogP contribution in [0.3, 0.4) is 0 Å². The van der Waals surface area contributed by atoms with E-state index in [1.54, 1.807) is 0 Å². The normalized spacial score (nSPS) is 33.0. The summed E-state index contributed by atoms with van der Waals surface area (Å²) in [4.78, 5) is 15.1. The van der Waals surface area contributed by atoms with Gasteiger partial charge in [0.2, 0.25) is 5.91 Å². The van der Waals surface area contributed by atoms with Gasteiger partial charge in [-0.15, -0.1) is 0 Å². The molecule has 20 heavy (non-hydrogen) atoms. The minimum absolute atomic E-state index is 0.00339. The van der Waals surface area contributed by atoms with E-state index in [-0.39, 0.29) is 23.8 Å². The fraction of sp³-hybridized carbons (Fsp3) is 0.938. The molecule has 0 spiro atoms. The monoisotopic (exact) mass is 280 g/mol. The van der Waals surface area contributed by atoms with Gasteiger partial charge >= 0.3 is 0 Å². The van der Waals surface area contributed by atoms with E-state index in [0.717, 1.165) is 25.7 Å². The Morgan fingerprint density at radius 3 is 2.65 bits per heavy atom. The van der Waals surface area contributed by atoms with E-state index in [0.29, 0.717) is 12.6 Å². The fourth-order valence-electron chi connectivity index (χ4n) is 4.24. The second-order valence-electron chi connectivity index (χ2n) is 7.08. The Labute approximate surface area is 121 Å². The van der Waals surface area contributed by atoms with Gasteiger partial charge in [0, 0.05) is 18.0 Å². The van der Waals surface area contributed by atoms with Gasteiger partial charge in [-0.2, -0.15) is 0 Å². The highest BCUT2D eigenvalue weighted by molar-refractivity contribution is 5.79. The first-order valence-electron chi connectivity index (χ1n) is 8.37. The van der Waals surface area contributed by atoms with Crippen molar-refractivity contribution in [1.29, 1.82) is 0 Å². The average Bonchev–Trinajstić information content (AvgIpc) is 2.46. The van der Waals surface area contributed by atoms with Gasteiger partial charge in [0.15, 0.2) is 0 Å². The van der Waals surface area contributed by atoms with Crippen LogP contribution in [0.15, 0.2) is 0 Å². The molecule has 3 aliphatic rings. The molecule has 3 fully saturated rings. The molecule has 3 rings (SSSR count). The number of aliphatic hydroxyl groups excluding tert-OH is 1. The lowest BCUT2D eigenvalue weighted by Gasteiger charge is -2.44. The van der Waals surface area contributed by atoms with Crippen molar-refractivity contribution in [2.45, 2.75) is 57.4 Å². The second kappa shape index (κ2) is 6.02. The Bertz CT molecular complexity index is 347. The van der Waals surface area contributed by atoms with Gasteiger partial charge in [-0.05, 0) is 51.6 Å². The predicted octanol–water partition coefficient (Wildman–Crippen LogP) is 1.53. The number of rotatable bonds is 4. The molecule has 0 aromatic heterocycles. The van der Waals surface area contributed by atoms with E-state index in [2.05, 4.69) is 10.2 Å². The molecule has 4 heteroatoms. The van der Waals surface area contributed by atoms with Crippen molar-refractivity contribution in [3.8, 4) is 0 Å². The molecule has 0 aromatic rings. The van der Waals surface area contributed by atoms with Gasteiger partial charge in [0.25, 0.3) is 0 Å². The number of aliphatic hydroxyl groups is 1. The Morgan fingerprint density at radius 2 is 1.95 bits per heavy atom. The Balaban J connectivity index is 1.55. The van der Waals surface area contributed by atoms with Gasteiger partial charge in [-0.1, -0.05) is 12.8 Å². The third kappa shape index (κ3) is 2.73. The topological polar surface area (TPSA) is 52.6 Å². The summed E-state index contributed by atoms with van der Waals surface area (Å²) in [5.41, 5.74) is -0.00339. The molecule has 0 aromatic carbocycles. The molecule has 1 saturated carbocycles. The van der Waals surface area contributed by atoms with Crippen LogP contribution in [0, 0.1) is 11.3 Å². The zero-order valence-electron chi connectivity index (χ0n) is 12.4. The number of carbonyl (C=O) groups excluding carboxylic acids is 1. The number of piperidine rings is 2. The highest BCUT2D eigenvalue weighted by Crippen LogP contribution is 2.40. The van der Waals surface area contributed by atoms with Gasteiger partial charge in [0.1, 0.15) is 0 Å². The van der Waals surface area contributed by atoms with Crippen LogP contribution in [-0.4, -0.2) is 48.2 Å². The van der Waals surface area contributed by atoms with Crippen LogP contribution >= 0.6 is 0 Å². The molecule has 2 heterocycles. The van der Waals surface area contributed by atoms with E-state index < -0.39 is 0 Å². The lowest BCUT2D eigenvalue weighted by atomic mass is 9.69. The molecule has 0 bridgehead atoms. The maximum atomic E-state index is 12.5. The smallest absolute Gasteiger partial charge is 0.224 e. The zero-order valence-corrected chi connectivity index (χ0v) is 12.4. The molecule has 2 atom stereocenters. The van der Waals surface area contributed by atoms with E-state index in [9.17, 15) is 9.90 Å². The number of hydrogen-bond donors (Lipinski definition) is 2. The van der Waals surface area contributed by atoms with Crippen molar-refractivity contribution < 1.29 is 9.90 Å². The first-order valence-corrected chi connectivity index (χ1v) is 8.37. The molecule has 2 aliphatic heterocycles. The summed E-state index contributed by atoms with van der Waals surface area (Å²) in [5, 5.41) is 12.6. The van der Waals surface area contributed by atoms with E-state index in [1.165, 1.54) is 38.8 Å². The summed E-state index contributed by atoms with van der Waals surface area (Å²) in [7, 11) is 0. The minimum Gasteiger partial charge on any atom is -0.396 e. The largest absolute Gasteiger partial charge is 0.396 e. The first kappa shape index (κ1) is 14.3. The molecule has 0 radical (unpaired) electrons. The van der Waals surface area contributed by atoms with Crippen molar-refractivity contribution >= 4 is 5.91 Å². The number of fused-ring (bicyclic) bond motifs is 1. The van der Waals surface area contributed by atoms with Crippen molar-refractivity contribution in [3.05, 3.63) is 0 Å². The average molecular weight is 280 g/mol. The van der Waals surface area contributed by atoms with E-state index in [4.69, 9.17) is 0 Å². The van der Waals surface area contributed by atoms with Crippen LogP contribution < -0.4 is 5.32 Å². The Hall–Kier alpha value is -0.610. The van der Waals surface area contributed by atoms with Gasteiger partial charge < -0.3 is 10.4 Å². The van der Waals surface area contributed by atoms with Crippen molar-refractivity contribution in [2.24, 2.45) is 11.3 Å². The van der Waals surface area contributed by atoms with E-state index >= 15 is 0 Å². The molecular weight excluding hydrogens is 252 g/mol. The molecule has 0 unspecified atom stereocenters.